The van der Waals surface area contributed by atoms with E-state index >= 15 is 0 Å². The number of hydrogen-bond donors (Lipinski definition) is 1. The van der Waals surface area contributed by atoms with E-state index in [1.165, 1.54) is 12.7 Å². The number of nitrogens with zero attached hydrogens (tertiary/aromatic N) is 4. The summed E-state index contributed by atoms with van der Waals surface area (Å²) in [4.78, 5) is 30.9. The molecule has 1 saturated carbocycles. The molecule has 1 aliphatic heterocycles. The Morgan fingerprint density at radius 3 is 2.71 bits per heavy atom. The Morgan fingerprint density at radius 1 is 1.12 bits per heavy atom. The van der Waals surface area contributed by atoms with E-state index in [4.69, 9.17) is 0 Å². The molecule has 1 aromatic rings. The van der Waals surface area contributed by atoms with Crippen molar-refractivity contribution in [3.8, 4) is 0 Å². The van der Waals surface area contributed by atoms with E-state index in [0.717, 1.165) is 58.0 Å². The van der Waals surface area contributed by atoms with Crippen molar-refractivity contribution in [2.45, 2.75) is 64.0 Å². The summed E-state index contributed by atoms with van der Waals surface area (Å²) >= 11 is 0. The van der Waals surface area contributed by atoms with Gasteiger partial charge in [0.2, 0.25) is 11.8 Å². The molecule has 2 aliphatic rings. The highest BCUT2D eigenvalue weighted by Crippen LogP contribution is 2.28. The van der Waals surface area contributed by atoms with Gasteiger partial charge in [-0.05, 0) is 32.1 Å². The van der Waals surface area contributed by atoms with Gasteiger partial charge in [0.05, 0.1) is 0 Å². The lowest BCUT2D eigenvalue weighted by Crippen LogP contribution is -2.48. The van der Waals surface area contributed by atoms with E-state index in [1.807, 2.05) is 4.90 Å². The first kappa shape index (κ1) is 16.9. The van der Waals surface area contributed by atoms with E-state index in [0.29, 0.717) is 6.54 Å². The lowest BCUT2D eigenvalue weighted by Gasteiger charge is -2.30. The minimum absolute atomic E-state index is 0.00440. The molecule has 1 saturated heterocycles. The average molecular weight is 333 g/mol. The number of carbonyl (C=O) groups excluding carboxylic acids is 2. The maximum absolute atomic E-state index is 12.7. The maximum Gasteiger partial charge on any atom is 0.242 e. The zero-order valence-electron chi connectivity index (χ0n) is 14.2. The summed E-state index contributed by atoms with van der Waals surface area (Å²) in [5.41, 5.74) is 0. The third-order valence-corrected chi connectivity index (χ3v) is 5.12. The topological polar surface area (TPSA) is 80.1 Å². The quantitative estimate of drug-likeness (QED) is 0.797. The molecule has 0 unspecified atom stereocenters. The van der Waals surface area contributed by atoms with E-state index in [-0.39, 0.29) is 23.8 Å². The number of amides is 2. The van der Waals surface area contributed by atoms with E-state index in [2.05, 4.69) is 15.4 Å². The molecule has 7 nitrogen and oxygen atoms in total. The van der Waals surface area contributed by atoms with E-state index in [1.54, 1.807) is 11.0 Å². The molecule has 1 atom stereocenters. The molecule has 2 heterocycles. The first-order valence-corrected chi connectivity index (χ1v) is 9.16. The number of hydrogen-bond acceptors (Lipinski definition) is 4. The summed E-state index contributed by atoms with van der Waals surface area (Å²) in [5, 5.41) is 7.02. The van der Waals surface area contributed by atoms with Gasteiger partial charge in [0.25, 0.3) is 0 Å². The molecule has 1 N–H and O–H groups in total. The first-order valence-electron chi connectivity index (χ1n) is 9.16. The summed E-state index contributed by atoms with van der Waals surface area (Å²) in [6, 6.07) is -0.272. The van der Waals surface area contributed by atoms with Crippen LogP contribution in [0.1, 0.15) is 51.4 Å². The predicted octanol–water partition coefficient (Wildman–Crippen LogP) is 1.36. The zero-order chi connectivity index (χ0) is 16.8. The molecular weight excluding hydrogens is 306 g/mol. The van der Waals surface area contributed by atoms with Crippen LogP contribution in [-0.2, 0) is 16.1 Å². The second kappa shape index (κ2) is 8.26. The van der Waals surface area contributed by atoms with Crippen LogP contribution in [0.15, 0.2) is 12.7 Å². The predicted molar refractivity (Wildman–Crippen MR) is 89.0 cm³/mol. The number of aryl methyl sites for hydroxylation is 1. The molecule has 1 aliphatic carbocycles. The molecule has 2 amide bonds. The van der Waals surface area contributed by atoms with Gasteiger partial charge in [-0.1, -0.05) is 19.3 Å². The van der Waals surface area contributed by atoms with Gasteiger partial charge in [-0.15, -0.1) is 0 Å². The highest BCUT2D eigenvalue weighted by Gasteiger charge is 2.37. The molecule has 0 aromatic carbocycles. The summed E-state index contributed by atoms with van der Waals surface area (Å²) in [7, 11) is 0. The van der Waals surface area contributed by atoms with Crippen LogP contribution in [0.25, 0.3) is 0 Å². The fraction of sp³-hybridized carbons (Fsp3) is 0.765. The normalized spacial score (nSPS) is 21.8. The van der Waals surface area contributed by atoms with Crippen LogP contribution in [0.3, 0.4) is 0 Å². The number of likely N-dealkylation sites (tertiary alicyclic amines) is 1. The Morgan fingerprint density at radius 2 is 1.96 bits per heavy atom. The standard InChI is InChI=1S/C17H27N5O2/c23-16(19-9-5-10-21-13-18-12-20-21)15-8-4-11-22(15)17(24)14-6-2-1-3-7-14/h12-15H,1-11H2,(H,19,23)/t15-/m1/s1. The molecule has 2 fully saturated rings. The van der Waals surface area contributed by atoms with Gasteiger partial charge in [-0.2, -0.15) is 5.10 Å². The number of nitrogens with one attached hydrogen (secondary N) is 1. The minimum atomic E-state index is -0.272. The fourth-order valence-electron chi connectivity index (χ4n) is 3.81. The van der Waals surface area contributed by atoms with Crippen LogP contribution < -0.4 is 5.32 Å². The van der Waals surface area contributed by atoms with Crippen LogP contribution in [0, 0.1) is 5.92 Å². The van der Waals surface area contributed by atoms with Gasteiger partial charge in [-0.3, -0.25) is 14.3 Å². The van der Waals surface area contributed by atoms with Crippen molar-refractivity contribution in [3.05, 3.63) is 12.7 Å². The fourth-order valence-corrected chi connectivity index (χ4v) is 3.81. The van der Waals surface area contributed by atoms with Crippen molar-refractivity contribution in [1.29, 1.82) is 0 Å². The Labute approximate surface area is 142 Å². The number of rotatable bonds is 6. The number of aromatic nitrogens is 3. The van der Waals surface area contributed by atoms with Crippen LogP contribution in [0.4, 0.5) is 0 Å². The first-order chi connectivity index (χ1) is 11.8. The highest BCUT2D eigenvalue weighted by molar-refractivity contribution is 5.89. The highest BCUT2D eigenvalue weighted by atomic mass is 16.2. The Balaban J connectivity index is 1.45. The molecular formula is C17H27N5O2. The maximum atomic E-state index is 12.7. The summed E-state index contributed by atoms with van der Waals surface area (Å²) < 4.78 is 1.75. The molecule has 3 rings (SSSR count). The van der Waals surface area contributed by atoms with Crippen LogP contribution in [0.5, 0.6) is 0 Å². The SMILES string of the molecule is O=C(NCCCn1cncn1)[C@H]1CCCN1C(=O)C1CCCCC1. The summed E-state index contributed by atoms with van der Waals surface area (Å²) in [5.74, 6) is 0.338. The van der Waals surface area contributed by atoms with Gasteiger partial charge < -0.3 is 10.2 Å². The number of carbonyl (C=O) groups is 2. The third-order valence-electron chi connectivity index (χ3n) is 5.12. The molecule has 1 aromatic heterocycles. The van der Waals surface area contributed by atoms with Gasteiger partial charge in [0.1, 0.15) is 18.7 Å². The van der Waals surface area contributed by atoms with Crippen LogP contribution >= 0.6 is 0 Å². The van der Waals surface area contributed by atoms with Crippen molar-refractivity contribution in [2.75, 3.05) is 13.1 Å². The van der Waals surface area contributed by atoms with E-state index in [9.17, 15) is 9.59 Å². The molecule has 7 heteroatoms. The Hall–Kier alpha value is -1.92. The Bertz CT molecular complexity index is 539. The van der Waals surface area contributed by atoms with Gasteiger partial charge in [0.15, 0.2) is 0 Å². The van der Waals surface area contributed by atoms with Crippen molar-refractivity contribution >= 4 is 11.8 Å². The van der Waals surface area contributed by atoms with Gasteiger partial charge in [-0.25, -0.2) is 4.98 Å². The second-order valence-electron chi connectivity index (χ2n) is 6.83. The Kier molecular flexibility index (Phi) is 5.82. The van der Waals surface area contributed by atoms with Crippen molar-refractivity contribution in [1.82, 2.24) is 25.0 Å². The summed E-state index contributed by atoms with van der Waals surface area (Å²) in [6.45, 7) is 2.06. The van der Waals surface area contributed by atoms with Crippen LogP contribution in [0.2, 0.25) is 0 Å². The monoisotopic (exact) mass is 333 g/mol. The smallest absolute Gasteiger partial charge is 0.242 e. The van der Waals surface area contributed by atoms with Crippen molar-refractivity contribution < 1.29 is 9.59 Å². The summed E-state index contributed by atoms with van der Waals surface area (Å²) in [6.07, 6.45) is 11.2. The molecule has 0 radical (unpaired) electrons. The van der Waals surface area contributed by atoms with Crippen molar-refractivity contribution in [2.24, 2.45) is 5.92 Å². The van der Waals surface area contributed by atoms with Crippen LogP contribution in [-0.4, -0.2) is 50.6 Å². The minimum Gasteiger partial charge on any atom is -0.354 e. The van der Waals surface area contributed by atoms with E-state index < -0.39 is 0 Å². The average Bonchev–Trinajstić information content (AvgIpc) is 3.30. The molecule has 0 spiro atoms. The lowest BCUT2D eigenvalue weighted by molar-refractivity contribution is -0.142. The largest absolute Gasteiger partial charge is 0.354 e. The second-order valence-corrected chi connectivity index (χ2v) is 6.83. The van der Waals surface area contributed by atoms with Gasteiger partial charge in [0, 0.05) is 25.6 Å². The van der Waals surface area contributed by atoms with Crippen molar-refractivity contribution in [3.63, 3.8) is 0 Å². The van der Waals surface area contributed by atoms with Gasteiger partial charge >= 0.3 is 0 Å². The lowest BCUT2D eigenvalue weighted by atomic mass is 9.88. The zero-order valence-corrected chi connectivity index (χ0v) is 14.2. The molecule has 24 heavy (non-hydrogen) atoms. The molecule has 0 bridgehead atoms. The third kappa shape index (κ3) is 4.13. The molecule has 132 valence electrons.